The van der Waals surface area contributed by atoms with Gasteiger partial charge in [-0.15, -0.1) is 0 Å². The average molecular weight is 261 g/mol. The Morgan fingerprint density at radius 1 is 1.26 bits per heavy atom. The molecule has 0 aliphatic carbocycles. The van der Waals surface area contributed by atoms with Gasteiger partial charge in [0.25, 0.3) is 0 Å². The van der Waals surface area contributed by atoms with Gasteiger partial charge < -0.3 is 14.8 Å². The van der Waals surface area contributed by atoms with Gasteiger partial charge in [0, 0.05) is 18.4 Å². The summed E-state index contributed by atoms with van der Waals surface area (Å²) in [5.74, 6) is -0.958. The number of nitrogens with zero attached hydrogens (tertiary/aromatic N) is 1. The Kier molecular flexibility index (Phi) is 4.22. The molecule has 0 fully saturated rings. The van der Waals surface area contributed by atoms with Gasteiger partial charge >= 0.3 is 5.97 Å². The maximum Gasteiger partial charge on any atom is 0.305 e. The van der Waals surface area contributed by atoms with Crippen LogP contribution in [-0.2, 0) is 4.79 Å². The summed E-state index contributed by atoms with van der Waals surface area (Å²) < 4.78 is 2.08. The molecule has 0 aliphatic rings. The van der Waals surface area contributed by atoms with Crippen molar-refractivity contribution in [1.82, 2.24) is 4.57 Å². The second-order valence-corrected chi connectivity index (χ2v) is 4.88. The third-order valence-corrected chi connectivity index (χ3v) is 3.42. The summed E-state index contributed by atoms with van der Waals surface area (Å²) in [5, 5.41) is 20.8. The lowest BCUT2D eigenvalue weighted by Gasteiger charge is -2.19. The lowest BCUT2D eigenvalue weighted by atomic mass is 10.0. The van der Waals surface area contributed by atoms with Crippen molar-refractivity contribution < 1.29 is 15.0 Å². The number of hydrogen-bond donors (Lipinski definition) is 2. The molecule has 0 saturated heterocycles. The van der Waals surface area contributed by atoms with Gasteiger partial charge in [-0.1, -0.05) is 31.2 Å². The number of carboxylic acids is 1. The Morgan fingerprint density at radius 3 is 2.32 bits per heavy atom. The summed E-state index contributed by atoms with van der Waals surface area (Å²) >= 11 is 0. The molecule has 2 aromatic rings. The van der Waals surface area contributed by atoms with Crippen molar-refractivity contribution in [3.8, 4) is 0 Å². The molecule has 2 unspecified atom stereocenters. The molecule has 2 N–H and O–H groups in total. The molecule has 102 valence electrons. The fourth-order valence-corrected chi connectivity index (χ4v) is 2.41. The number of fused-ring (bicyclic) bond motifs is 1. The topological polar surface area (TPSA) is 62.5 Å². The van der Waals surface area contributed by atoms with Crippen LogP contribution in [0.25, 0.3) is 10.8 Å². The van der Waals surface area contributed by atoms with E-state index in [1.807, 2.05) is 31.2 Å². The molecule has 0 radical (unpaired) electrons. The first-order valence-corrected chi connectivity index (χ1v) is 6.56. The predicted molar refractivity (Wildman–Crippen MR) is 74.1 cm³/mol. The number of hydrogen-bond acceptors (Lipinski definition) is 2. The zero-order valence-corrected chi connectivity index (χ0v) is 11.0. The van der Waals surface area contributed by atoms with Crippen LogP contribution < -0.4 is 0 Å². The summed E-state index contributed by atoms with van der Waals surface area (Å²) in [4.78, 5) is 10.6. The maximum atomic E-state index is 10.6. The van der Waals surface area contributed by atoms with Gasteiger partial charge in [0.1, 0.15) is 0 Å². The standard InChI is InChI=1S/C15H19NO3/c1-2-13(7-14(17)8-15(18)19)16-9-11-5-3-4-6-12(11)10-16/h3-6,9-10,13-14,17H,2,7-8H2,1H3,(H,18,19). The van der Waals surface area contributed by atoms with Crippen LogP contribution in [0.3, 0.4) is 0 Å². The molecular formula is C15H19NO3. The van der Waals surface area contributed by atoms with Crippen LogP contribution >= 0.6 is 0 Å². The van der Waals surface area contributed by atoms with Gasteiger partial charge in [-0.05, 0) is 23.6 Å². The maximum absolute atomic E-state index is 10.6. The summed E-state index contributed by atoms with van der Waals surface area (Å²) in [6, 6.07) is 8.21. The number of carbonyl (C=O) groups is 1. The summed E-state index contributed by atoms with van der Waals surface area (Å²) in [6.07, 6.45) is 4.43. The van der Waals surface area contributed by atoms with Crippen LogP contribution in [-0.4, -0.2) is 26.9 Å². The SMILES string of the molecule is CCC(CC(O)CC(=O)O)n1cc2ccccc2c1. The number of benzene rings is 1. The number of aliphatic carboxylic acids is 1. The molecule has 1 aromatic heterocycles. The van der Waals surface area contributed by atoms with E-state index in [1.165, 1.54) is 0 Å². The van der Waals surface area contributed by atoms with E-state index in [4.69, 9.17) is 5.11 Å². The van der Waals surface area contributed by atoms with E-state index in [-0.39, 0.29) is 12.5 Å². The molecular weight excluding hydrogens is 242 g/mol. The zero-order valence-electron chi connectivity index (χ0n) is 11.0. The highest BCUT2D eigenvalue weighted by Gasteiger charge is 2.17. The molecule has 0 spiro atoms. The molecule has 1 heterocycles. The fourth-order valence-electron chi connectivity index (χ4n) is 2.41. The lowest BCUT2D eigenvalue weighted by molar-refractivity contribution is -0.139. The first kappa shape index (κ1) is 13.6. The Morgan fingerprint density at radius 2 is 1.84 bits per heavy atom. The Labute approximate surface area is 112 Å². The van der Waals surface area contributed by atoms with Crippen molar-refractivity contribution in [2.45, 2.75) is 38.3 Å². The molecule has 0 bridgehead atoms. The Hall–Kier alpha value is -1.81. The third kappa shape index (κ3) is 3.35. The minimum absolute atomic E-state index is 0.127. The number of aliphatic hydroxyl groups excluding tert-OH is 1. The van der Waals surface area contributed by atoms with Gasteiger partial charge in [0.05, 0.1) is 12.5 Å². The van der Waals surface area contributed by atoms with Gasteiger partial charge in [-0.25, -0.2) is 0 Å². The minimum Gasteiger partial charge on any atom is -0.481 e. The van der Waals surface area contributed by atoms with Gasteiger partial charge in [-0.2, -0.15) is 0 Å². The summed E-state index contributed by atoms with van der Waals surface area (Å²) in [5.41, 5.74) is 0. The number of aliphatic hydroxyl groups is 1. The van der Waals surface area contributed by atoms with Crippen LogP contribution in [0.4, 0.5) is 0 Å². The molecule has 1 aromatic carbocycles. The van der Waals surface area contributed by atoms with Crippen molar-refractivity contribution in [2.24, 2.45) is 0 Å². The Balaban J connectivity index is 2.14. The highest BCUT2D eigenvalue weighted by atomic mass is 16.4. The molecule has 2 rings (SSSR count). The van der Waals surface area contributed by atoms with E-state index in [2.05, 4.69) is 17.0 Å². The molecule has 2 atom stereocenters. The third-order valence-electron chi connectivity index (χ3n) is 3.42. The summed E-state index contributed by atoms with van der Waals surface area (Å²) in [6.45, 7) is 2.04. The van der Waals surface area contributed by atoms with E-state index in [0.717, 1.165) is 17.2 Å². The lowest BCUT2D eigenvalue weighted by Crippen LogP contribution is -2.19. The minimum atomic E-state index is -0.958. The first-order chi connectivity index (χ1) is 9.10. The van der Waals surface area contributed by atoms with E-state index in [9.17, 15) is 9.90 Å². The van der Waals surface area contributed by atoms with Crippen molar-refractivity contribution in [3.05, 3.63) is 36.7 Å². The second-order valence-electron chi connectivity index (χ2n) is 4.88. The number of rotatable bonds is 6. The quantitative estimate of drug-likeness (QED) is 0.840. The molecule has 0 amide bonds. The van der Waals surface area contributed by atoms with E-state index in [1.54, 1.807) is 0 Å². The van der Waals surface area contributed by atoms with E-state index >= 15 is 0 Å². The fraction of sp³-hybridized carbons (Fsp3) is 0.400. The Bertz CT molecular complexity index is 528. The summed E-state index contributed by atoms with van der Waals surface area (Å²) in [7, 11) is 0. The van der Waals surface area contributed by atoms with Crippen LogP contribution in [0.1, 0.15) is 32.2 Å². The normalized spacial score (nSPS) is 14.4. The van der Waals surface area contributed by atoms with Crippen molar-refractivity contribution >= 4 is 16.7 Å². The average Bonchev–Trinajstić information content (AvgIpc) is 2.78. The number of carboxylic acid groups (broad SMARTS) is 1. The van der Waals surface area contributed by atoms with Crippen LogP contribution in [0.15, 0.2) is 36.7 Å². The van der Waals surface area contributed by atoms with Crippen LogP contribution in [0.5, 0.6) is 0 Å². The second kappa shape index (κ2) is 5.89. The van der Waals surface area contributed by atoms with Crippen molar-refractivity contribution in [2.75, 3.05) is 0 Å². The van der Waals surface area contributed by atoms with E-state index in [0.29, 0.717) is 6.42 Å². The van der Waals surface area contributed by atoms with Crippen molar-refractivity contribution in [3.63, 3.8) is 0 Å². The zero-order chi connectivity index (χ0) is 13.8. The van der Waals surface area contributed by atoms with Gasteiger partial charge in [0.15, 0.2) is 0 Å². The van der Waals surface area contributed by atoms with Crippen LogP contribution in [0.2, 0.25) is 0 Å². The molecule has 4 nitrogen and oxygen atoms in total. The molecule has 19 heavy (non-hydrogen) atoms. The van der Waals surface area contributed by atoms with Crippen LogP contribution in [0, 0.1) is 0 Å². The smallest absolute Gasteiger partial charge is 0.305 e. The first-order valence-electron chi connectivity index (χ1n) is 6.56. The van der Waals surface area contributed by atoms with Gasteiger partial charge in [-0.3, -0.25) is 4.79 Å². The molecule has 0 aliphatic heterocycles. The largest absolute Gasteiger partial charge is 0.481 e. The predicted octanol–water partition coefficient (Wildman–Crippen LogP) is 2.82. The number of aromatic nitrogens is 1. The monoisotopic (exact) mass is 261 g/mol. The van der Waals surface area contributed by atoms with E-state index < -0.39 is 12.1 Å². The highest BCUT2D eigenvalue weighted by Crippen LogP contribution is 2.24. The molecule has 0 saturated carbocycles. The van der Waals surface area contributed by atoms with Crippen molar-refractivity contribution in [1.29, 1.82) is 0 Å². The molecule has 4 heteroatoms. The highest BCUT2D eigenvalue weighted by molar-refractivity contribution is 5.82. The van der Waals surface area contributed by atoms with Gasteiger partial charge in [0.2, 0.25) is 0 Å².